The van der Waals surface area contributed by atoms with Crippen LogP contribution in [0.4, 0.5) is 11.4 Å². The first kappa shape index (κ1) is 24.1. The number of benzene rings is 3. The fourth-order valence-corrected chi connectivity index (χ4v) is 3.26. The summed E-state index contributed by atoms with van der Waals surface area (Å²) in [4.78, 5) is 24.7. The second-order valence-electron chi connectivity index (χ2n) is 9.42. The van der Waals surface area contributed by atoms with Crippen molar-refractivity contribution in [2.45, 2.75) is 46.0 Å². The fourth-order valence-electron chi connectivity index (χ4n) is 3.26. The minimum Gasteiger partial charge on any atom is -0.484 e. The zero-order valence-corrected chi connectivity index (χ0v) is 19.9. The van der Waals surface area contributed by atoms with E-state index < -0.39 is 0 Å². The molecule has 0 saturated heterocycles. The van der Waals surface area contributed by atoms with Crippen LogP contribution < -0.4 is 15.4 Å². The molecule has 5 heteroatoms. The quantitative estimate of drug-likeness (QED) is 0.444. The van der Waals surface area contributed by atoms with E-state index in [9.17, 15) is 9.59 Å². The highest BCUT2D eigenvalue weighted by Gasteiger charge is 2.14. The molecule has 0 spiro atoms. The second-order valence-corrected chi connectivity index (χ2v) is 9.42. The van der Waals surface area contributed by atoms with Crippen LogP contribution in [-0.2, 0) is 10.2 Å². The number of carbonyl (C=O) groups is 2. The van der Waals surface area contributed by atoms with Crippen LogP contribution in [0.2, 0.25) is 0 Å². The Kier molecular flexibility index (Phi) is 7.54. The number of ether oxygens (including phenoxy) is 1. The summed E-state index contributed by atoms with van der Waals surface area (Å²) in [5.41, 5.74) is 4.32. The molecule has 2 amide bonds. The summed E-state index contributed by atoms with van der Waals surface area (Å²) < 4.78 is 5.56. The maximum absolute atomic E-state index is 12.5. The molecule has 33 heavy (non-hydrogen) atoms. The first-order valence-corrected chi connectivity index (χ1v) is 11.2. The van der Waals surface area contributed by atoms with Crippen molar-refractivity contribution in [3.05, 3.63) is 89.5 Å². The molecule has 0 aliphatic carbocycles. The zero-order valence-electron chi connectivity index (χ0n) is 19.9. The number of anilines is 2. The van der Waals surface area contributed by atoms with Gasteiger partial charge in [-0.05, 0) is 71.0 Å². The van der Waals surface area contributed by atoms with E-state index in [4.69, 9.17) is 4.74 Å². The van der Waals surface area contributed by atoms with Crippen LogP contribution in [-0.4, -0.2) is 18.4 Å². The molecule has 5 nitrogen and oxygen atoms in total. The highest BCUT2D eigenvalue weighted by atomic mass is 16.5. The third kappa shape index (κ3) is 6.94. The first-order valence-electron chi connectivity index (χ1n) is 11.2. The first-order chi connectivity index (χ1) is 15.6. The van der Waals surface area contributed by atoms with Gasteiger partial charge in [0, 0.05) is 16.9 Å². The van der Waals surface area contributed by atoms with Gasteiger partial charge < -0.3 is 15.4 Å². The predicted octanol–water partition coefficient (Wildman–Crippen LogP) is 6.38. The van der Waals surface area contributed by atoms with Gasteiger partial charge in [0.1, 0.15) is 5.75 Å². The Balaban J connectivity index is 1.50. The molecular formula is C28H32N2O3. The van der Waals surface area contributed by atoms with Crippen molar-refractivity contribution in [3.8, 4) is 5.75 Å². The van der Waals surface area contributed by atoms with E-state index >= 15 is 0 Å². The lowest BCUT2D eigenvalue weighted by Gasteiger charge is -2.19. The lowest BCUT2D eigenvalue weighted by atomic mass is 9.87. The highest BCUT2D eigenvalue weighted by Crippen LogP contribution is 2.23. The summed E-state index contributed by atoms with van der Waals surface area (Å²) in [6.45, 7) is 10.6. The van der Waals surface area contributed by atoms with Crippen LogP contribution in [0, 0.1) is 0 Å². The molecule has 3 aromatic rings. The Bertz CT molecular complexity index is 1080. The summed E-state index contributed by atoms with van der Waals surface area (Å²) in [6, 6.07) is 22.4. The van der Waals surface area contributed by atoms with Crippen LogP contribution in [0.1, 0.15) is 62.0 Å². The Morgan fingerprint density at radius 2 is 1.33 bits per heavy atom. The Labute approximate surface area is 196 Å². The number of nitrogens with one attached hydrogen (secondary N) is 2. The van der Waals surface area contributed by atoms with Crippen LogP contribution in [0.3, 0.4) is 0 Å². The van der Waals surface area contributed by atoms with Crippen molar-refractivity contribution < 1.29 is 14.3 Å². The third-order valence-corrected chi connectivity index (χ3v) is 5.36. The lowest BCUT2D eigenvalue weighted by molar-refractivity contribution is -0.118. The Morgan fingerprint density at radius 3 is 1.85 bits per heavy atom. The summed E-state index contributed by atoms with van der Waals surface area (Å²) in [7, 11) is 0. The summed E-state index contributed by atoms with van der Waals surface area (Å²) >= 11 is 0. The van der Waals surface area contributed by atoms with Gasteiger partial charge in [-0.1, -0.05) is 58.9 Å². The van der Waals surface area contributed by atoms with Gasteiger partial charge in [0.25, 0.3) is 11.8 Å². The third-order valence-electron chi connectivity index (χ3n) is 5.36. The average Bonchev–Trinajstić information content (AvgIpc) is 2.79. The van der Waals surface area contributed by atoms with Crippen LogP contribution in [0.15, 0.2) is 72.8 Å². The molecule has 0 radical (unpaired) electrons. The molecule has 3 aromatic carbocycles. The molecule has 3 rings (SSSR count). The van der Waals surface area contributed by atoms with Crippen LogP contribution >= 0.6 is 0 Å². The van der Waals surface area contributed by atoms with Crippen molar-refractivity contribution in [1.82, 2.24) is 0 Å². The number of rotatable bonds is 7. The number of carbonyl (C=O) groups excluding carboxylic acids is 2. The summed E-state index contributed by atoms with van der Waals surface area (Å²) in [5.74, 6) is 0.676. The van der Waals surface area contributed by atoms with E-state index in [-0.39, 0.29) is 23.8 Å². The molecule has 2 N–H and O–H groups in total. The van der Waals surface area contributed by atoms with Crippen molar-refractivity contribution in [1.29, 1.82) is 0 Å². The van der Waals surface area contributed by atoms with Crippen molar-refractivity contribution in [3.63, 3.8) is 0 Å². The van der Waals surface area contributed by atoms with Gasteiger partial charge in [0.15, 0.2) is 6.61 Å². The monoisotopic (exact) mass is 444 g/mol. The van der Waals surface area contributed by atoms with Crippen molar-refractivity contribution in [2.75, 3.05) is 17.2 Å². The molecule has 0 aromatic heterocycles. The van der Waals surface area contributed by atoms with E-state index in [1.807, 2.05) is 48.5 Å². The minimum atomic E-state index is -0.251. The smallest absolute Gasteiger partial charge is 0.262 e. The Morgan fingerprint density at radius 1 is 0.788 bits per heavy atom. The molecule has 0 heterocycles. The topological polar surface area (TPSA) is 67.4 Å². The molecule has 0 aliphatic rings. The molecule has 0 bridgehead atoms. The summed E-state index contributed by atoms with van der Waals surface area (Å²) in [6.07, 6.45) is 0. The van der Waals surface area contributed by atoms with E-state index in [1.165, 1.54) is 11.1 Å². The van der Waals surface area contributed by atoms with Gasteiger partial charge >= 0.3 is 0 Å². The van der Waals surface area contributed by atoms with E-state index in [0.717, 1.165) is 0 Å². The predicted molar refractivity (Wildman–Crippen MR) is 134 cm³/mol. The normalized spacial score (nSPS) is 11.2. The van der Waals surface area contributed by atoms with Crippen molar-refractivity contribution in [2.24, 2.45) is 0 Å². The van der Waals surface area contributed by atoms with Gasteiger partial charge in [-0.3, -0.25) is 9.59 Å². The maximum atomic E-state index is 12.5. The Hall–Kier alpha value is -3.60. The number of hydrogen-bond acceptors (Lipinski definition) is 3. The van der Waals surface area contributed by atoms with E-state index in [1.54, 1.807) is 24.3 Å². The van der Waals surface area contributed by atoms with Crippen molar-refractivity contribution >= 4 is 23.2 Å². The van der Waals surface area contributed by atoms with Gasteiger partial charge in [0.2, 0.25) is 0 Å². The molecule has 0 aliphatic heterocycles. The minimum absolute atomic E-state index is 0.0404. The van der Waals surface area contributed by atoms with E-state index in [2.05, 4.69) is 45.3 Å². The number of hydrogen-bond donors (Lipinski definition) is 2. The molecular weight excluding hydrogens is 412 g/mol. The average molecular weight is 445 g/mol. The largest absolute Gasteiger partial charge is 0.484 e. The molecule has 0 fully saturated rings. The zero-order chi connectivity index (χ0) is 24.0. The molecule has 0 saturated carbocycles. The van der Waals surface area contributed by atoms with Gasteiger partial charge in [-0.2, -0.15) is 0 Å². The van der Waals surface area contributed by atoms with Crippen LogP contribution in [0.5, 0.6) is 5.75 Å². The van der Waals surface area contributed by atoms with Gasteiger partial charge in [-0.25, -0.2) is 0 Å². The van der Waals surface area contributed by atoms with Crippen LogP contribution in [0.25, 0.3) is 0 Å². The maximum Gasteiger partial charge on any atom is 0.262 e. The molecule has 0 atom stereocenters. The SMILES string of the molecule is CC(C)c1ccc(OCC(=O)Nc2ccc(NC(=O)c3ccc(C(C)(C)C)cc3)cc2)cc1. The fraction of sp³-hybridized carbons (Fsp3) is 0.286. The lowest BCUT2D eigenvalue weighted by Crippen LogP contribution is -2.20. The van der Waals surface area contributed by atoms with Gasteiger partial charge in [0.05, 0.1) is 0 Å². The molecule has 0 unspecified atom stereocenters. The summed E-state index contributed by atoms with van der Waals surface area (Å²) in [5, 5.41) is 5.68. The second kappa shape index (κ2) is 10.3. The van der Waals surface area contributed by atoms with Gasteiger partial charge in [-0.15, -0.1) is 0 Å². The number of amides is 2. The van der Waals surface area contributed by atoms with E-state index in [0.29, 0.717) is 28.6 Å². The standard InChI is InChI=1S/C28H32N2O3/c1-19(2)20-8-16-25(17-9-20)33-18-26(31)29-23-12-14-24(15-13-23)30-27(32)21-6-10-22(11-7-21)28(3,4)5/h6-17,19H,18H2,1-5H3,(H,29,31)(H,30,32). The molecule has 172 valence electrons. The highest BCUT2D eigenvalue weighted by molar-refractivity contribution is 6.04.